The number of rotatable bonds is 4. The highest BCUT2D eigenvalue weighted by atomic mass is 32.1. The summed E-state index contributed by atoms with van der Waals surface area (Å²) in [7, 11) is 0. The van der Waals surface area contributed by atoms with E-state index in [-0.39, 0.29) is 0 Å². The van der Waals surface area contributed by atoms with Crippen molar-refractivity contribution in [2.45, 2.75) is 33.0 Å². The predicted molar refractivity (Wildman–Crippen MR) is 108 cm³/mol. The molecule has 0 bridgehead atoms. The molecule has 1 aliphatic heterocycles. The van der Waals surface area contributed by atoms with Gasteiger partial charge in [-0.2, -0.15) is 4.68 Å². The van der Waals surface area contributed by atoms with Gasteiger partial charge in [0.05, 0.1) is 6.54 Å². The molecule has 0 radical (unpaired) electrons. The fourth-order valence-corrected chi connectivity index (χ4v) is 5.28. The van der Waals surface area contributed by atoms with Crippen LogP contribution in [-0.2, 0) is 13.1 Å². The molecular formula is C18H21N4S3+. The molecule has 2 atom stereocenters. The second kappa shape index (κ2) is 6.99. The lowest BCUT2D eigenvalue weighted by Crippen LogP contribution is -3.12. The van der Waals surface area contributed by atoms with E-state index in [9.17, 15) is 0 Å². The van der Waals surface area contributed by atoms with Gasteiger partial charge in [-0.25, -0.2) is 0 Å². The lowest BCUT2D eigenvalue weighted by Gasteiger charge is -2.30. The molecule has 4 rings (SSSR count). The fraction of sp³-hybridized carbons (Fsp3) is 0.333. The van der Waals surface area contributed by atoms with E-state index in [1.165, 1.54) is 27.4 Å². The number of anilines is 2. The zero-order valence-electron chi connectivity index (χ0n) is 14.3. The summed E-state index contributed by atoms with van der Waals surface area (Å²) in [6.07, 6.45) is 1.15. The summed E-state index contributed by atoms with van der Waals surface area (Å²) in [6, 6.07) is 11.1. The molecule has 7 heteroatoms. The monoisotopic (exact) mass is 389 g/mol. The quantitative estimate of drug-likeness (QED) is 0.663. The summed E-state index contributed by atoms with van der Waals surface area (Å²) in [4.78, 5) is 3.06. The largest absolute Gasteiger partial charge is 0.330 e. The second-order valence-electron chi connectivity index (χ2n) is 6.50. The van der Waals surface area contributed by atoms with Crippen molar-refractivity contribution in [3.8, 4) is 0 Å². The molecule has 0 amide bonds. The Bertz CT molecular complexity index is 922. The summed E-state index contributed by atoms with van der Waals surface area (Å²) in [5, 5.41) is 11.1. The van der Waals surface area contributed by atoms with E-state index in [1.807, 2.05) is 16.0 Å². The maximum Gasteiger partial charge on any atom is 0.209 e. The third-order valence-electron chi connectivity index (χ3n) is 4.79. The average molecular weight is 390 g/mol. The van der Waals surface area contributed by atoms with Crippen LogP contribution in [0.1, 0.15) is 29.0 Å². The molecule has 2 aromatic heterocycles. The van der Waals surface area contributed by atoms with Crippen molar-refractivity contribution in [2.75, 3.05) is 11.9 Å². The molecular weight excluding hydrogens is 368 g/mol. The van der Waals surface area contributed by atoms with E-state index < -0.39 is 0 Å². The van der Waals surface area contributed by atoms with Gasteiger partial charge in [0.25, 0.3) is 0 Å². The van der Waals surface area contributed by atoms with E-state index in [0.29, 0.717) is 6.04 Å². The average Bonchev–Trinajstić information content (AvgIpc) is 3.20. The van der Waals surface area contributed by atoms with E-state index >= 15 is 0 Å². The summed E-state index contributed by atoms with van der Waals surface area (Å²) in [6.45, 7) is 6.35. The minimum absolute atomic E-state index is 0.493. The van der Waals surface area contributed by atoms with Gasteiger partial charge in [0.1, 0.15) is 6.04 Å². The van der Waals surface area contributed by atoms with Gasteiger partial charge in [0, 0.05) is 22.5 Å². The number of thiophene rings is 1. The molecule has 1 aliphatic rings. The fourth-order valence-electron chi connectivity index (χ4n) is 3.28. The van der Waals surface area contributed by atoms with Crippen LogP contribution in [0.5, 0.6) is 0 Å². The first-order valence-electron chi connectivity index (χ1n) is 8.42. The number of aromatic nitrogens is 2. The summed E-state index contributed by atoms with van der Waals surface area (Å²) in [5.41, 5.74) is 3.79. The Morgan fingerprint density at radius 3 is 2.92 bits per heavy atom. The van der Waals surface area contributed by atoms with Gasteiger partial charge in [-0.15, -0.1) is 16.4 Å². The van der Waals surface area contributed by atoms with Crippen LogP contribution >= 0.6 is 34.9 Å². The van der Waals surface area contributed by atoms with Crippen LogP contribution in [0.25, 0.3) is 0 Å². The Kier molecular flexibility index (Phi) is 4.73. The number of nitrogens with one attached hydrogen (secondary N) is 2. The Morgan fingerprint density at radius 2 is 2.12 bits per heavy atom. The molecule has 130 valence electrons. The van der Waals surface area contributed by atoms with Gasteiger partial charge < -0.3 is 10.2 Å². The Balaban J connectivity index is 1.49. The Hall–Kier alpha value is -1.54. The van der Waals surface area contributed by atoms with E-state index in [2.05, 4.69) is 54.9 Å². The van der Waals surface area contributed by atoms with Crippen LogP contribution in [0, 0.1) is 10.9 Å². The van der Waals surface area contributed by atoms with Crippen LogP contribution in [-0.4, -0.2) is 16.3 Å². The van der Waals surface area contributed by atoms with Crippen LogP contribution < -0.4 is 10.2 Å². The number of hydrogen-bond acceptors (Lipinski definition) is 5. The third-order valence-corrected chi connectivity index (χ3v) is 7.01. The number of hydrogen-bond donors (Lipinski definition) is 2. The number of fused-ring (bicyclic) bond motifs is 1. The standard InChI is InChI=1S/C18H20N4S3/c1-12-3-5-14(6-4-12)19-17-20-22(18(23)25-17)11-21-9-7-16-15(13(21)2)8-10-24-16/h3-6,8,10,13H,7,9,11H2,1-2H3,(H,19,20)/p+1/t13-/m0/s1. The first-order chi connectivity index (χ1) is 12.1. The van der Waals surface area contributed by atoms with Crippen LogP contribution in [0.15, 0.2) is 35.7 Å². The van der Waals surface area contributed by atoms with Gasteiger partial charge >= 0.3 is 0 Å². The molecule has 4 nitrogen and oxygen atoms in total. The maximum atomic E-state index is 5.55. The Labute approximate surface area is 160 Å². The first kappa shape index (κ1) is 16.9. The van der Waals surface area contributed by atoms with Gasteiger partial charge in [-0.3, -0.25) is 0 Å². The number of nitrogens with zero attached hydrogens (tertiary/aromatic N) is 2. The van der Waals surface area contributed by atoms with Crippen LogP contribution in [0.2, 0.25) is 0 Å². The summed E-state index contributed by atoms with van der Waals surface area (Å²) < 4.78 is 2.80. The zero-order valence-corrected chi connectivity index (χ0v) is 16.7. The maximum absolute atomic E-state index is 5.55. The minimum atomic E-state index is 0.493. The number of aryl methyl sites for hydroxylation is 1. The third kappa shape index (κ3) is 3.55. The van der Waals surface area contributed by atoms with Gasteiger partial charge in [-0.05, 0) is 49.6 Å². The molecule has 3 aromatic rings. The number of benzene rings is 1. The van der Waals surface area contributed by atoms with Crippen molar-refractivity contribution in [3.63, 3.8) is 0 Å². The highest BCUT2D eigenvalue weighted by Crippen LogP contribution is 2.25. The van der Waals surface area contributed by atoms with E-state index in [0.717, 1.165) is 34.4 Å². The van der Waals surface area contributed by atoms with Gasteiger partial charge in [0.15, 0.2) is 10.6 Å². The Morgan fingerprint density at radius 1 is 1.32 bits per heavy atom. The van der Waals surface area contributed by atoms with Crippen molar-refractivity contribution in [1.82, 2.24) is 9.78 Å². The molecule has 25 heavy (non-hydrogen) atoms. The predicted octanol–water partition coefficient (Wildman–Crippen LogP) is 3.95. The first-order valence-corrected chi connectivity index (χ1v) is 10.5. The molecule has 0 saturated heterocycles. The SMILES string of the molecule is Cc1ccc(Nc2nn(C[NH+]3CCc4sccc4[C@@H]3C)c(=S)s2)cc1. The normalized spacial score (nSPS) is 19.6. The van der Waals surface area contributed by atoms with E-state index in [4.69, 9.17) is 17.3 Å². The van der Waals surface area contributed by atoms with E-state index in [1.54, 1.807) is 4.88 Å². The summed E-state index contributed by atoms with van der Waals surface area (Å²) in [5.74, 6) is 0. The lowest BCUT2D eigenvalue weighted by molar-refractivity contribution is -0.954. The highest BCUT2D eigenvalue weighted by Gasteiger charge is 2.28. The molecule has 1 unspecified atom stereocenters. The van der Waals surface area contributed by atoms with Gasteiger partial charge in [0.2, 0.25) is 5.13 Å². The number of quaternary nitrogens is 1. The molecule has 0 spiro atoms. The molecule has 2 N–H and O–H groups in total. The smallest absolute Gasteiger partial charge is 0.209 e. The zero-order chi connectivity index (χ0) is 17.4. The topological polar surface area (TPSA) is 34.3 Å². The van der Waals surface area contributed by atoms with Crippen molar-refractivity contribution < 1.29 is 4.90 Å². The van der Waals surface area contributed by atoms with Crippen molar-refractivity contribution in [1.29, 1.82) is 0 Å². The molecule has 3 heterocycles. The van der Waals surface area contributed by atoms with Crippen molar-refractivity contribution >= 4 is 45.7 Å². The van der Waals surface area contributed by atoms with Gasteiger partial charge in [-0.1, -0.05) is 29.0 Å². The van der Waals surface area contributed by atoms with Crippen LogP contribution in [0.3, 0.4) is 0 Å². The van der Waals surface area contributed by atoms with Crippen molar-refractivity contribution in [3.05, 3.63) is 55.7 Å². The molecule has 0 aliphatic carbocycles. The van der Waals surface area contributed by atoms with Crippen molar-refractivity contribution in [2.24, 2.45) is 0 Å². The lowest BCUT2D eigenvalue weighted by atomic mass is 10.0. The molecule has 1 aromatic carbocycles. The molecule has 0 saturated carbocycles. The summed E-state index contributed by atoms with van der Waals surface area (Å²) >= 11 is 8.96. The highest BCUT2D eigenvalue weighted by molar-refractivity contribution is 7.73. The second-order valence-corrected chi connectivity index (χ2v) is 9.12. The minimum Gasteiger partial charge on any atom is -0.330 e. The van der Waals surface area contributed by atoms with Crippen LogP contribution in [0.4, 0.5) is 10.8 Å². The molecule has 0 fully saturated rings.